The molecule has 0 unspecified atom stereocenters. The quantitative estimate of drug-likeness (QED) is 0.393. The van der Waals surface area contributed by atoms with Crippen LogP contribution in [0.25, 0.3) is 0 Å². The molecular formula is C20H26N6O5. The number of hydrogen-bond donors (Lipinski definition) is 0. The van der Waals surface area contributed by atoms with Gasteiger partial charge in [0, 0.05) is 12.6 Å². The van der Waals surface area contributed by atoms with Crippen molar-refractivity contribution in [1.82, 2.24) is 25.1 Å². The van der Waals surface area contributed by atoms with Crippen molar-refractivity contribution in [2.24, 2.45) is 0 Å². The number of urea groups is 1. The molecule has 1 aliphatic heterocycles. The number of carbonyl (C=O) groups excluding carboxylic acids is 3. The van der Waals surface area contributed by atoms with Crippen LogP contribution in [0.1, 0.15) is 45.9 Å². The van der Waals surface area contributed by atoms with Gasteiger partial charge in [-0.3, -0.25) is 9.59 Å². The van der Waals surface area contributed by atoms with E-state index in [0.717, 1.165) is 29.1 Å². The molecule has 0 radical (unpaired) electrons. The summed E-state index contributed by atoms with van der Waals surface area (Å²) >= 11 is 0. The standard InChI is InChI=1S/C20H26N6O5/c1-4-9-25-17(21-22-23-25)13-24-18(27)19(28)26(20(24)29)14-7-8-15(30-10-5-2)16(12-14)31-11-6-3/h7-8,12H,4-6,9-11,13H2,1-3H3. The largest absolute Gasteiger partial charge is 0.490 e. The van der Waals surface area contributed by atoms with E-state index in [1.807, 2.05) is 20.8 Å². The number of amides is 4. The molecule has 1 aromatic carbocycles. The van der Waals surface area contributed by atoms with E-state index in [-0.39, 0.29) is 12.2 Å². The minimum Gasteiger partial charge on any atom is -0.490 e. The Kier molecular flexibility index (Phi) is 7.16. The molecule has 31 heavy (non-hydrogen) atoms. The van der Waals surface area contributed by atoms with E-state index in [1.54, 1.807) is 12.1 Å². The van der Waals surface area contributed by atoms with E-state index in [1.165, 1.54) is 10.7 Å². The number of anilines is 1. The van der Waals surface area contributed by atoms with Crippen molar-refractivity contribution in [3.05, 3.63) is 24.0 Å². The Labute approximate surface area is 179 Å². The number of rotatable bonds is 11. The smallest absolute Gasteiger partial charge is 0.339 e. The van der Waals surface area contributed by atoms with Crippen LogP contribution in [0, 0.1) is 0 Å². The Bertz CT molecular complexity index is 959. The van der Waals surface area contributed by atoms with E-state index in [9.17, 15) is 14.4 Å². The highest BCUT2D eigenvalue weighted by molar-refractivity contribution is 6.52. The predicted octanol–water partition coefficient (Wildman–Crippen LogP) is 2.16. The van der Waals surface area contributed by atoms with Gasteiger partial charge in [-0.25, -0.2) is 19.3 Å². The van der Waals surface area contributed by atoms with Crippen molar-refractivity contribution in [2.45, 2.75) is 53.1 Å². The molecule has 166 valence electrons. The van der Waals surface area contributed by atoms with Crippen LogP contribution >= 0.6 is 0 Å². The van der Waals surface area contributed by atoms with E-state index >= 15 is 0 Å². The summed E-state index contributed by atoms with van der Waals surface area (Å²) in [5, 5.41) is 11.3. The van der Waals surface area contributed by atoms with E-state index in [4.69, 9.17) is 9.47 Å². The maximum Gasteiger partial charge on any atom is 0.339 e. The lowest BCUT2D eigenvalue weighted by atomic mass is 10.2. The Balaban J connectivity index is 1.86. The number of nitrogens with zero attached hydrogens (tertiary/aromatic N) is 6. The maximum atomic E-state index is 13.0. The number of imide groups is 2. The Morgan fingerprint density at radius 1 is 0.903 bits per heavy atom. The van der Waals surface area contributed by atoms with Crippen LogP contribution in [0.3, 0.4) is 0 Å². The van der Waals surface area contributed by atoms with Gasteiger partial charge in [0.25, 0.3) is 0 Å². The molecule has 2 aromatic rings. The Morgan fingerprint density at radius 2 is 1.61 bits per heavy atom. The van der Waals surface area contributed by atoms with Gasteiger partial charge in [0.05, 0.1) is 25.4 Å². The molecule has 0 bridgehead atoms. The monoisotopic (exact) mass is 430 g/mol. The lowest BCUT2D eigenvalue weighted by Crippen LogP contribution is -2.34. The molecule has 0 atom stereocenters. The summed E-state index contributed by atoms with van der Waals surface area (Å²) < 4.78 is 12.9. The molecule has 4 amide bonds. The summed E-state index contributed by atoms with van der Waals surface area (Å²) in [6.45, 7) is 7.19. The van der Waals surface area contributed by atoms with Gasteiger partial charge in [-0.1, -0.05) is 20.8 Å². The van der Waals surface area contributed by atoms with E-state index in [2.05, 4.69) is 15.5 Å². The SMILES string of the molecule is CCCOc1ccc(N2C(=O)C(=O)N(Cc3nnnn3CCC)C2=O)cc1OCCC. The number of aromatic nitrogens is 4. The second-order valence-corrected chi connectivity index (χ2v) is 6.96. The van der Waals surface area contributed by atoms with Crippen molar-refractivity contribution in [3.8, 4) is 11.5 Å². The van der Waals surface area contributed by atoms with Gasteiger partial charge < -0.3 is 9.47 Å². The average Bonchev–Trinajstić information content (AvgIpc) is 3.29. The van der Waals surface area contributed by atoms with Gasteiger partial charge in [0.2, 0.25) is 0 Å². The maximum absolute atomic E-state index is 13.0. The van der Waals surface area contributed by atoms with Crippen molar-refractivity contribution in [3.63, 3.8) is 0 Å². The molecule has 3 rings (SSSR count). The second kappa shape index (κ2) is 10.0. The topological polar surface area (TPSA) is 120 Å². The summed E-state index contributed by atoms with van der Waals surface area (Å²) in [4.78, 5) is 39.8. The van der Waals surface area contributed by atoms with Crippen LogP contribution in [-0.4, -0.2) is 56.2 Å². The van der Waals surface area contributed by atoms with Crippen LogP contribution in [0.15, 0.2) is 18.2 Å². The highest BCUT2D eigenvalue weighted by atomic mass is 16.5. The molecule has 1 aromatic heterocycles. The third-order valence-corrected chi connectivity index (χ3v) is 4.50. The fourth-order valence-corrected chi connectivity index (χ4v) is 3.03. The molecule has 11 heteroatoms. The van der Waals surface area contributed by atoms with Crippen LogP contribution in [0.5, 0.6) is 11.5 Å². The molecule has 0 spiro atoms. The first-order chi connectivity index (χ1) is 15.0. The molecule has 0 saturated carbocycles. The van der Waals surface area contributed by atoms with Crippen molar-refractivity contribution in [1.29, 1.82) is 0 Å². The Hall–Kier alpha value is -3.50. The Morgan fingerprint density at radius 3 is 2.29 bits per heavy atom. The van der Waals surface area contributed by atoms with Gasteiger partial charge in [-0.15, -0.1) is 5.10 Å². The molecule has 11 nitrogen and oxygen atoms in total. The second-order valence-electron chi connectivity index (χ2n) is 6.96. The van der Waals surface area contributed by atoms with Gasteiger partial charge in [0.1, 0.15) is 0 Å². The molecule has 1 saturated heterocycles. The lowest BCUT2D eigenvalue weighted by molar-refractivity contribution is -0.139. The number of tetrazole rings is 1. The van der Waals surface area contributed by atoms with Crippen LogP contribution in [0.4, 0.5) is 10.5 Å². The van der Waals surface area contributed by atoms with Gasteiger partial charge in [-0.2, -0.15) is 0 Å². The van der Waals surface area contributed by atoms with Crippen LogP contribution < -0.4 is 14.4 Å². The van der Waals surface area contributed by atoms with Crippen molar-refractivity contribution < 1.29 is 23.9 Å². The van der Waals surface area contributed by atoms with Crippen molar-refractivity contribution in [2.75, 3.05) is 18.1 Å². The third-order valence-electron chi connectivity index (χ3n) is 4.50. The molecule has 1 fully saturated rings. The molecule has 0 N–H and O–H groups in total. The summed E-state index contributed by atoms with van der Waals surface area (Å²) in [7, 11) is 0. The number of carbonyl (C=O) groups is 3. The lowest BCUT2D eigenvalue weighted by Gasteiger charge is -2.18. The van der Waals surface area contributed by atoms with Gasteiger partial charge in [-0.05, 0) is 41.8 Å². The predicted molar refractivity (Wildman–Crippen MR) is 110 cm³/mol. The van der Waals surface area contributed by atoms with Crippen molar-refractivity contribution >= 4 is 23.5 Å². The first-order valence-electron chi connectivity index (χ1n) is 10.4. The molecule has 2 heterocycles. The number of aryl methyl sites for hydroxylation is 1. The van der Waals surface area contributed by atoms with Crippen LogP contribution in [0.2, 0.25) is 0 Å². The van der Waals surface area contributed by atoms with Gasteiger partial charge in [0.15, 0.2) is 17.3 Å². The van der Waals surface area contributed by atoms with Crippen LogP contribution in [-0.2, 0) is 22.7 Å². The highest BCUT2D eigenvalue weighted by Gasteiger charge is 2.46. The zero-order valence-electron chi connectivity index (χ0n) is 17.9. The minimum absolute atomic E-state index is 0.191. The summed E-state index contributed by atoms with van der Waals surface area (Å²) in [5.41, 5.74) is 0.231. The molecular weight excluding hydrogens is 404 g/mol. The van der Waals surface area contributed by atoms with E-state index in [0.29, 0.717) is 37.1 Å². The highest BCUT2D eigenvalue weighted by Crippen LogP contribution is 2.34. The van der Waals surface area contributed by atoms with E-state index < -0.39 is 17.8 Å². The summed E-state index contributed by atoms with van der Waals surface area (Å²) in [6.07, 6.45) is 2.37. The zero-order chi connectivity index (χ0) is 22.4. The number of hydrogen-bond acceptors (Lipinski definition) is 8. The fourth-order valence-electron chi connectivity index (χ4n) is 3.03. The number of benzene rings is 1. The number of ether oxygens (including phenoxy) is 2. The molecule has 0 aliphatic carbocycles. The zero-order valence-corrected chi connectivity index (χ0v) is 17.9. The first kappa shape index (κ1) is 22.2. The van der Waals surface area contributed by atoms with Gasteiger partial charge >= 0.3 is 17.8 Å². The summed E-state index contributed by atoms with van der Waals surface area (Å²) in [5.74, 6) is -0.624. The summed E-state index contributed by atoms with van der Waals surface area (Å²) in [6, 6.07) is 3.96. The molecule has 1 aliphatic rings. The normalized spacial score (nSPS) is 14.0. The average molecular weight is 430 g/mol. The first-order valence-corrected chi connectivity index (χ1v) is 10.4. The minimum atomic E-state index is -0.941. The third kappa shape index (κ3) is 4.65. The fraction of sp³-hybridized carbons (Fsp3) is 0.500.